The van der Waals surface area contributed by atoms with Gasteiger partial charge < -0.3 is 4.74 Å². The molecule has 0 amide bonds. The van der Waals surface area contributed by atoms with Crippen molar-refractivity contribution in [3.05, 3.63) is 34.4 Å². The molecule has 0 aliphatic carbocycles. The van der Waals surface area contributed by atoms with Crippen LogP contribution in [0.25, 0.3) is 0 Å². The zero-order valence-corrected chi connectivity index (χ0v) is 11.5. The van der Waals surface area contributed by atoms with Crippen LogP contribution in [0.1, 0.15) is 29.2 Å². The van der Waals surface area contributed by atoms with Gasteiger partial charge in [0, 0.05) is 5.33 Å². The largest absolute Gasteiger partial charge is 0.466 e. The molecular formula is C13H14BrNO2. The van der Waals surface area contributed by atoms with Crippen LogP contribution < -0.4 is 0 Å². The topological polar surface area (TPSA) is 50.1 Å². The van der Waals surface area contributed by atoms with Gasteiger partial charge in [-0.1, -0.05) is 28.1 Å². The van der Waals surface area contributed by atoms with Gasteiger partial charge in [-0.15, -0.1) is 0 Å². The van der Waals surface area contributed by atoms with Crippen LogP contribution in [-0.4, -0.2) is 12.6 Å². The van der Waals surface area contributed by atoms with Gasteiger partial charge in [-0.25, -0.2) is 0 Å². The molecule has 1 aromatic rings. The molecule has 1 rings (SSSR count). The van der Waals surface area contributed by atoms with Gasteiger partial charge in [0.25, 0.3) is 0 Å². The van der Waals surface area contributed by atoms with Crippen molar-refractivity contribution in [1.29, 1.82) is 5.26 Å². The standard InChI is InChI=1S/C13H14BrNO2/c1-3-17-13(16)6-10-5-4-9(2)12(8-15)11(10)7-14/h4-5H,3,6-7H2,1-2H3. The fourth-order valence-electron chi connectivity index (χ4n) is 1.65. The molecule has 0 aliphatic rings. The van der Waals surface area contributed by atoms with E-state index in [0.717, 1.165) is 16.7 Å². The summed E-state index contributed by atoms with van der Waals surface area (Å²) in [5, 5.41) is 9.67. The van der Waals surface area contributed by atoms with E-state index in [1.807, 2.05) is 19.1 Å². The smallest absolute Gasteiger partial charge is 0.310 e. The van der Waals surface area contributed by atoms with Crippen molar-refractivity contribution in [1.82, 2.24) is 0 Å². The third-order valence-corrected chi connectivity index (χ3v) is 3.06. The number of rotatable bonds is 4. The number of hydrogen-bond acceptors (Lipinski definition) is 3. The molecule has 0 bridgehead atoms. The SMILES string of the molecule is CCOC(=O)Cc1ccc(C)c(C#N)c1CBr. The lowest BCUT2D eigenvalue weighted by molar-refractivity contribution is -0.142. The number of hydrogen-bond donors (Lipinski definition) is 0. The monoisotopic (exact) mass is 295 g/mol. The van der Waals surface area contributed by atoms with Crippen LogP contribution in [-0.2, 0) is 21.3 Å². The van der Waals surface area contributed by atoms with E-state index in [1.54, 1.807) is 6.92 Å². The van der Waals surface area contributed by atoms with Gasteiger partial charge in [0.05, 0.1) is 24.7 Å². The van der Waals surface area contributed by atoms with Gasteiger partial charge in [0.1, 0.15) is 0 Å². The third-order valence-electron chi connectivity index (χ3n) is 2.50. The van der Waals surface area contributed by atoms with Crippen molar-refractivity contribution in [2.45, 2.75) is 25.6 Å². The molecule has 0 spiro atoms. The Bertz CT molecular complexity index is 463. The molecule has 0 saturated heterocycles. The van der Waals surface area contributed by atoms with Crippen molar-refractivity contribution in [2.75, 3.05) is 6.61 Å². The first kappa shape index (κ1) is 13.7. The van der Waals surface area contributed by atoms with Crippen LogP contribution in [0, 0.1) is 18.3 Å². The summed E-state index contributed by atoms with van der Waals surface area (Å²) in [6.45, 7) is 4.04. The minimum atomic E-state index is -0.262. The second-order valence-electron chi connectivity index (χ2n) is 3.62. The van der Waals surface area contributed by atoms with E-state index in [9.17, 15) is 4.79 Å². The molecule has 0 heterocycles. The molecule has 0 N–H and O–H groups in total. The summed E-state index contributed by atoms with van der Waals surface area (Å²) in [7, 11) is 0. The molecule has 4 heteroatoms. The van der Waals surface area contributed by atoms with E-state index in [1.165, 1.54) is 0 Å². The molecule has 90 valence electrons. The maximum atomic E-state index is 11.4. The Hall–Kier alpha value is -1.34. The summed E-state index contributed by atoms with van der Waals surface area (Å²) >= 11 is 3.36. The second kappa shape index (κ2) is 6.41. The lowest BCUT2D eigenvalue weighted by Gasteiger charge is -2.10. The fourth-order valence-corrected chi connectivity index (χ4v) is 2.29. The second-order valence-corrected chi connectivity index (χ2v) is 4.18. The lowest BCUT2D eigenvalue weighted by Crippen LogP contribution is -2.10. The molecule has 0 radical (unpaired) electrons. The Morgan fingerprint density at radius 2 is 2.24 bits per heavy atom. The van der Waals surface area contributed by atoms with Crippen molar-refractivity contribution >= 4 is 21.9 Å². The van der Waals surface area contributed by atoms with Crippen molar-refractivity contribution < 1.29 is 9.53 Å². The Labute approximate surface area is 110 Å². The summed E-state index contributed by atoms with van der Waals surface area (Å²) in [6.07, 6.45) is 0.212. The summed E-state index contributed by atoms with van der Waals surface area (Å²) in [4.78, 5) is 11.4. The molecule has 0 atom stereocenters. The summed E-state index contributed by atoms with van der Waals surface area (Å²) < 4.78 is 4.91. The highest BCUT2D eigenvalue weighted by molar-refractivity contribution is 9.08. The molecule has 0 fully saturated rings. The fraction of sp³-hybridized carbons (Fsp3) is 0.385. The van der Waals surface area contributed by atoms with Gasteiger partial charge in [0.2, 0.25) is 0 Å². The zero-order valence-electron chi connectivity index (χ0n) is 9.92. The number of nitriles is 1. The van der Waals surface area contributed by atoms with Crippen LogP contribution in [0.3, 0.4) is 0 Å². The van der Waals surface area contributed by atoms with Gasteiger partial charge in [0.15, 0.2) is 0 Å². The number of alkyl halides is 1. The molecule has 0 saturated carbocycles. The summed E-state index contributed by atoms with van der Waals surface area (Å²) in [5.74, 6) is -0.262. The summed E-state index contributed by atoms with van der Waals surface area (Å²) in [6, 6.07) is 5.92. The first-order valence-corrected chi connectivity index (χ1v) is 6.49. The number of halogens is 1. The molecule has 1 aromatic carbocycles. The van der Waals surface area contributed by atoms with E-state index in [0.29, 0.717) is 17.5 Å². The number of esters is 1. The van der Waals surface area contributed by atoms with Crippen LogP contribution in [0.5, 0.6) is 0 Å². The molecule has 0 aromatic heterocycles. The van der Waals surface area contributed by atoms with E-state index >= 15 is 0 Å². The number of benzene rings is 1. The Morgan fingerprint density at radius 1 is 1.53 bits per heavy atom. The minimum absolute atomic E-state index is 0.212. The average Bonchev–Trinajstić information content (AvgIpc) is 2.31. The lowest BCUT2D eigenvalue weighted by atomic mass is 9.97. The highest BCUT2D eigenvalue weighted by Crippen LogP contribution is 2.21. The van der Waals surface area contributed by atoms with E-state index in [4.69, 9.17) is 10.00 Å². The summed E-state index contributed by atoms with van der Waals surface area (Å²) in [5.41, 5.74) is 3.29. The zero-order chi connectivity index (χ0) is 12.8. The average molecular weight is 296 g/mol. The number of carbonyl (C=O) groups is 1. The van der Waals surface area contributed by atoms with Gasteiger partial charge in [-0.2, -0.15) is 5.26 Å². The van der Waals surface area contributed by atoms with Crippen LogP contribution >= 0.6 is 15.9 Å². The first-order valence-electron chi connectivity index (χ1n) is 5.37. The number of aryl methyl sites for hydroxylation is 1. The Kier molecular flexibility index (Phi) is 5.17. The maximum absolute atomic E-state index is 11.4. The Balaban J connectivity index is 3.09. The predicted octanol–water partition coefficient (Wildman–Crippen LogP) is 2.87. The van der Waals surface area contributed by atoms with Gasteiger partial charge >= 0.3 is 5.97 Å². The van der Waals surface area contributed by atoms with Crippen molar-refractivity contribution in [3.8, 4) is 6.07 Å². The number of nitrogens with zero attached hydrogens (tertiary/aromatic N) is 1. The molecule has 0 aliphatic heterocycles. The third kappa shape index (κ3) is 3.31. The highest BCUT2D eigenvalue weighted by atomic mass is 79.9. The van der Waals surface area contributed by atoms with Gasteiger partial charge in [-0.05, 0) is 30.5 Å². The van der Waals surface area contributed by atoms with Crippen molar-refractivity contribution in [3.63, 3.8) is 0 Å². The molecular weight excluding hydrogens is 282 g/mol. The van der Waals surface area contributed by atoms with E-state index in [2.05, 4.69) is 22.0 Å². The van der Waals surface area contributed by atoms with Crippen molar-refractivity contribution in [2.24, 2.45) is 0 Å². The van der Waals surface area contributed by atoms with Crippen LogP contribution in [0.4, 0.5) is 0 Å². The van der Waals surface area contributed by atoms with E-state index in [-0.39, 0.29) is 12.4 Å². The number of carbonyl (C=O) groups excluding carboxylic acids is 1. The minimum Gasteiger partial charge on any atom is -0.466 e. The molecule has 17 heavy (non-hydrogen) atoms. The molecule has 3 nitrogen and oxygen atoms in total. The van der Waals surface area contributed by atoms with Crippen LogP contribution in [0.2, 0.25) is 0 Å². The van der Waals surface area contributed by atoms with Gasteiger partial charge in [-0.3, -0.25) is 4.79 Å². The number of ether oxygens (including phenoxy) is 1. The Morgan fingerprint density at radius 3 is 2.76 bits per heavy atom. The quantitative estimate of drug-likeness (QED) is 0.634. The first-order chi connectivity index (χ1) is 8.13. The highest BCUT2D eigenvalue weighted by Gasteiger charge is 2.13. The normalized spacial score (nSPS) is 9.76. The molecule has 0 unspecified atom stereocenters. The predicted molar refractivity (Wildman–Crippen MR) is 68.9 cm³/mol. The van der Waals surface area contributed by atoms with Crippen LogP contribution in [0.15, 0.2) is 12.1 Å². The maximum Gasteiger partial charge on any atom is 0.310 e. The van der Waals surface area contributed by atoms with E-state index < -0.39 is 0 Å².